The minimum Gasteiger partial charge on any atom is -0.445 e. The van der Waals surface area contributed by atoms with Crippen LogP contribution in [-0.4, -0.2) is 119 Å². The van der Waals surface area contributed by atoms with Crippen LogP contribution in [0.5, 0.6) is 0 Å². The molecule has 5 N–H and O–H groups in total. The molecule has 6 atom stereocenters. The smallest absolute Gasteiger partial charge is 0.410 e. The Kier molecular flexibility index (Phi) is 18.9. The van der Waals surface area contributed by atoms with Crippen molar-refractivity contribution in [2.75, 3.05) is 26.2 Å². The number of nitrogens with one attached hydrogen (secondary N) is 4. The van der Waals surface area contributed by atoms with Crippen molar-refractivity contribution in [2.24, 2.45) is 0 Å². The standard InChI is InChI=1S/C33H46FN3O5Si.C27H32FN3O5/c1-32(2,3)41-31(39)37-20-24(42-43(7,8)33(4,5)6)17-29(37)27(26-18-35-28-16-23(34)14-15-25(26)28)19-36-30(38)40-21-22-12-10-9-11-13-22;1-27(2,3)36-26(34)31-15-19(32)12-24(31)22(21-13-29-23-11-18(28)9-10-20(21)23)14-30-25(33)35-16-17-7-5-4-6-8-17/h9-16,18,24,27,29,35H,17,19-21H2,1-8H3,(H,36,38);4-11,13,19,22,24,29,32H,12,14-16H2,1-3H3,(H,30,33)/t24-,27+,29+;19-,22+,24+/m11/s1. The van der Waals surface area contributed by atoms with E-state index in [1.54, 1.807) is 44.0 Å². The van der Waals surface area contributed by atoms with Gasteiger partial charge in [0.2, 0.25) is 0 Å². The molecule has 426 valence electrons. The highest BCUT2D eigenvalue weighted by Crippen LogP contribution is 2.42. The molecule has 0 aliphatic carbocycles. The van der Waals surface area contributed by atoms with Gasteiger partial charge in [0, 0.05) is 77.8 Å². The van der Waals surface area contributed by atoms with Crippen molar-refractivity contribution in [3.8, 4) is 0 Å². The first kappa shape index (κ1) is 59.7. The first-order valence-electron chi connectivity index (χ1n) is 26.9. The van der Waals surface area contributed by atoms with Crippen molar-refractivity contribution < 1.29 is 56.4 Å². The molecule has 4 aromatic carbocycles. The van der Waals surface area contributed by atoms with Crippen LogP contribution in [-0.2, 0) is 36.6 Å². The van der Waals surface area contributed by atoms with Gasteiger partial charge >= 0.3 is 24.4 Å². The molecule has 2 aliphatic heterocycles. The second-order valence-electron chi connectivity index (χ2n) is 24.0. The average molecular weight is 1110 g/mol. The number of carbonyl (C=O) groups excluding carboxylic acids is 4. The summed E-state index contributed by atoms with van der Waals surface area (Å²) in [6.45, 7) is 22.9. The van der Waals surface area contributed by atoms with Crippen molar-refractivity contribution in [2.45, 2.75) is 154 Å². The Balaban J connectivity index is 0.000000232. The van der Waals surface area contributed by atoms with Crippen LogP contribution in [0, 0.1) is 11.6 Å². The molecule has 0 spiro atoms. The maximum atomic E-state index is 14.1. The number of alkyl carbamates (subject to hydrolysis) is 2. The number of benzene rings is 4. The predicted molar refractivity (Wildman–Crippen MR) is 302 cm³/mol. The molecule has 19 heteroatoms. The fourth-order valence-electron chi connectivity index (χ4n) is 9.87. The Morgan fingerprint density at radius 3 is 1.47 bits per heavy atom. The zero-order valence-electron chi connectivity index (χ0n) is 47.3. The summed E-state index contributed by atoms with van der Waals surface area (Å²) in [6, 6.07) is 27.0. The van der Waals surface area contributed by atoms with Gasteiger partial charge in [-0.2, -0.15) is 0 Å². The molecule has 16 nitrogen and oxygen atoms in total. The van der Waals surface area contributed by atoms with E-state index in [1.807, 2.05) is 87.6 Å². The highest BCUT2D eigenvalue weighted by Gasteiger charge is 2.48. The van der Waals surface area contributed by atoms with Gasteiger partial charge < -0.3 is 58.9 Å². The SMILES string of the molecule is CC(C)(C)OC(=O)N1C[C@H](O)C[C@H]1[C@@H](CNC(=O)OCc1ccccc1)c1c[nH]c2cc(F)ccc12.CC(C)(C)OC(=O)N1C[C@H](O[Si](C)(C)C(C)(C)C)C[C@H]1[C@@H](CNC(=O)OCc1ccccc1)c1c[nH]c2cc(F)ccc12. The van der Waals surface area contributed by atoms with Crippen LogP contribution in [0.25, 0.3) is 21.8 Å². The number of halogens is 2. The van der Waals surface area contributed by atoms with Crippen molar-refractivity contribution in [3.63, 3.8) is 0 Å². The van der Waals surface area contributed by atoms with Crippen LogP contribution in [0.1, 0.15) is 109 Å². The summed E-state index contributed by atoms with van der Waals surface area (Å²) in [7, 11) is -2.16. The molecule has 8 rings (SSSR count). The minimum atomic E-state index is -2.16. The summed E-state index contributed by atoms with van der Waals surface area (Å²) in [5, 5.41) is 17.8. The number of H-pyrrole nitrogens is 2. The molecule has 0 bridgehead atoms. The molecule has 0 radical (unpaired) electrons. The Bertz CT molecular complexity index is 3030. The number of β-amino-alcohol motifs (C(OH)–C–C–N with tert-alkyl or cyclic N) is 1. The number of nitrogens with zero attached hydrogens (tertiary/aromatic N) is 2. The van der Waals surface area contributed by atoms with E-state index < -0.39 is 62.0 Å². The number of aliphatic hydroxyl groups excluding tert-OH is 1. The Morgan fingerprint density at radius 2 is 1.05 bits per heavy atom. The number of amides is 4. The van der Waals surface area contributed by atoms with E-state index >= 15 is 0 Å². The lowest BCUT2D eigenvalue weighted by Gasteiger charge is -2.38. The number of hydrogen-bond acceptors (Lipinski definition) is 10. The first-order chi connectivity index (χ1) is 37.1. The largest absolute Gasteiger partial charge is 0.445 e. The fraction of sp³-hybridized carbons (Fsp3) is 0.467. The number of aromatic nitrogens is 2. The lowest BCUT2D eigenvalue weighted by Crippen LogP contribution is -2.46. The number of ether oxygens (including phenoxy) is 4. The van der Waals surface area contributed by atoms with Gasteiger partial charge in [-0.1, -0.05) is 81.4 Å². The van der Waals surface area contributed by atoms with Crippen molar-refractivity contribution in [3.05, 3.63) is 143 Å². The van der Waals surface area contributed by atoms with Crippen molar-refractivity contribution in [1.82, 2.24) is 30.4 Å². The lowest BCUT2D eigenvalue weighted by atomic mass is 9.89. The third kappa shape index (κ3) is 16.1. The summed E-state index contributed by atoms with van der Waals surface area (Å²) in [5.74, 6) is -1.50. The monoisotopic (exact) mass is 1110 g/mol. The van der Waals surface area contributed by atoms with Gasteiger partial charge in [-0.15, -0.1) is 0 Å². The predicted octanol–water partition coefficient (Wildman–Crippen LogP) is 12.4. The highest BCUT2D eigenvalue weighted by molar-refractivity contribution is 6.74. The third-order valence-electron chi connectivity index (χ3n) is 14.6. The van der Waals surface area contributed by atoms with Gasteiger partial charge in [0.05, 0.1) is 18.8 Å². The number of aliphatic hydroxyl groups is 1. The second-order valence-corrected chi connectivity index (χ2v) is 28.7. The molecule has 2 saturated heterocycles. The lowest BCUT2D eigenvalue weighted by molar-refractivity contribution is 0.0180. The zero-order chi connectivity index (χ0) is 57.5. The van der Waals surface area contributed by atoms with Gasteiger partial charge in [-0.05, 0) is 131 Å². The maximum absolute atomic E-state index is 14.1. The van der Waals surface area contributed by atoms with Gasteiger partial charge in [-0.25, -0.2) is 28.0 Å². The van der Waals surface area contributed by atoms with Gasteiger partial charge in [0.1, 0.15) is 36.1 Å². The van der Waals surface area contributed by atoms with E-state index in [0.29, 0.717) is 30.4 Å². The van der Waals surface area contributed by atoms with E-state index in [-0.39, 0.29) is 67.6 Å². The number of aromatic amines is 2. The van der Waals surface area contributed by atoms with E-state index in [1.165, 1.54) is 29.2 Å². The molecule has 2 aliphatic rings. The third-order valence-corrected chi connectivity index (χ3v) is 19.1. The van der Waals surface area contributed by atoms with Gasteiger partial charge in [0.15, 0.2) is 8.32 Å². The molecule has 0 unspecified atom stereocenters. The molecule has 2 aromatic heterocycles. The van der Waals surface area contributed by atoms with Gasteiger partial charge in [-0.3, -0.25) is 0 Å². The van der Waals surface area contributed by atoms with E-state index in [4.69, 9.17) is 23.4 Å². The van der Waals surface area contributed by atoms with E-state index in [0.717, 1.165) is 33.0 Å². The molecule has 2 fully saturated rings. The average Bonchev–Trinajstić information content (AvgIpc) is 4.28. The Hall–Kier alpha value is -6.96. The van der Waals surface area contributed by atoms with Crippen LogP contribution in [0.2, 0.25) is 18.1 Å². The van der Waals surface area contributed by atoms with Crippen LogP contribution >= 0.6 is 0 Å². The second kappa shape index (κ2) is 25.0. The summed E-state index contributed by atoms with van der Waals surface area (Å²) in [4.78, 5) is 61.6. The maximum Gasteiger partial charge on any atom is 0.410 e. The summed E-state index contributed by atoms with van der Waals surface area (Å²) in [6.07, 6.45) is 1.39. The number of likely N-dealkylation sites (tertiary alicyclic amines) is 2. The Labute approximate surface area is 463 Å². The van der Waals surface area contributed by atoms with Crippen LogP contribution in [0.15, 0.2) is 109 Å². The molecule has 79 heavy (non-hydrogen) atoms. The fourth-order valence-corrected chi connectivity index (χ4v) is 11.2. The quantitative estimate of drug-likeness (QED) is 0.0517. The first-order valence-corrected chi connectivity index (χ1v) is 29.8. The molecular weight excluding hydrogens is 1030 g/mol. The van der Waals surface area contributed by atoms with E-state index in [2.05, 4.69) is 54.5 Å². The molecule has 6 aromatic rings. The Morgan fingerprint density at radius 1 is 0.633 bits per heavy atom. The van der Waals surface area contributed by atoms with E-state index in [9.17, 15) is 33.1 Å². The number of carbonyl (C=O) groups is 4. The van der Waals surface area contributed by atoms with Gasteiger partial charge in [0.25, 0.3) is 0 Å². The summed E-state index contributed by atoms with van der Waals surface area (Å²) < 4.78 is 57.0. The normalized spacial score (nSPS) is 18.6. The molecular formula is C60H78F2N6O10Si. The summed E-state index contributed by atoms with van der Waals surface area (Å²) >= 11 is 0. The van der Waals surface area contributed by atoms with Crippen molar-refractivity contribution >= 4 is 54.5 Å². The zero-order valence-corrected chi connectivity index (χ0v) is 48.3. The topological polar surface area (TPSA) is 197 Å². The van der Waals surface area contributed by atoms with Crippen LogP contribution in [0.4, 0.5) is 28.0 Å². The van der Waals surface area contributed by atoms with Crippen LogP contribution in [0.3, 0.4) is 0 Å². The molecule has 4 amide bonds. The number of fused-ring (bicyclic) bond motifs is 2. The molecule has 0 saturated carbocycles. The summed E-state index contributed by atoms with van der Waals surface area (Å²) in [5.41, 5.74) is 3.25. The number of hydrogen-bond donors (Lipinski definition) is 5. The highest BCUT2D eigenvalue weighted by atomic mass is 28.4. The van der Waals surface area contributed by atoms with Crippen LogP contribution < -0.4 is 10.6 Å². The minimum absolute atomic E-state index is 0.00772. The van der Waals surface area contributed by atoms with Crippen molar-refractivity contribution in [1.29, 1.82) is 0 Å². The molecule has 4 heterocycles. The number of rotatable bonds is 14.